The molecule has 15 heavy (non-hydrogen) atoms. The fourth-order valence-corrected chi connectivity index (χ4v) is 1.64. The Kier molecular flexibility index (Phi) is 2.67. The first-order valence-electron chi connectivity index (χ1n) is 4.10. The van der Waals surface area contributed by atoms with Crippen LogP contribution in [0.5, 0.6) is 5.75 Å². The molecule has 2 nitrogen and oxygen atoms in total. The highest BCUT2D eigenvalue weighted by atomic mass is 35.5. The first-order chi connectivity index (χ1) is 7.13. The Morgan fingerprint density at radius 1 is 1.33 bits per heavy atom. The van der Waals surface area contributed by atoms with E-state index < -0.39 is 5.82 Å². The first kappa shape index (κ1) is 10.5. The lowest BCUT2D eigenvalue weighted by atomic mass is 10.2. The fraction of sp³-hybridized carbons (Fsp3) is 0.100. The molecule has 0 saturated heterocycles. The van der Waals surface area contributed by atoms with Crippen molar-refractivity contribution in [2.75, 3.05) is 7.11 Å². The number of rotatable bonds is 1. The van der Waals surface area contributed by atoms with Gasteiger partial charge in [0.2, 0.25) is 0 Å². The van der Waals surface area contributed by atoms with Gasteiger partial charge < -0.3 is 4.74 Å². The molecule has 2 aromatic rings. The van der Waals surface area contributed by atoms with Crippen LogP contribution < -0.4 is 4.74 Å². The van der Waals surface area contributed by atoms with Crippen LogP contribution in [0.15, 0.2) is 18.3 Å². The Bertz CT molecular complexity index is 530. The second-order valence-electron chi connectivity index (χ2n) is 2.92. The molecule has 0 atom stereocenters. The van der Waals surface area contributed by atoms with Crippen LogP contribution in [-0.4, -0.2) is 12.1 Å². The monoisotopic (exact) mass is 245 g/mol. The van der Waals surface area contributed by atoms with E-state index in [1.165, 1.54) is 25.4 Å². The Morgan fingerprint density at radius 3 is 2.73 bits per heavy atom. The fourth-order valence-electron chi connectivity index (χ4n) is 1.29. The molecule has 1 heterocycles. The van der Waals surface area contributed by atoms with Crippen LogP contribution in [0.1, 0.15) is 0 Å². The van der Waals surface area contributed by atoms with Crippen LogP contribution in [0.4, 0.5) is 4.39 Å². The largest absolute Gasteiger partial charge is 0.494 e. The Morgan fingerprint density at radius 2 is 2.07 bits per heavy atom. The third kappa shape index (κ3) is 1.73. The van der Waals surface area contributed by atoms with Gasteiger partial charge in [-0.25, -0.2) is 4.39 Å². The molecule has 1 aromatic heterocycles. The highest BCUT2D eigenvalue weighted by Gasteiger charge is 2.10. The molecule has 1 aromatic carbocycles. The van der Waals surface area contributed by atoms with Crippen LogP contribution in [-0.2, 0) is 0 Å². The van der Waals surface area contributed by atoms with Crippen molar-refractivity contribution >= 4 is 34.1 Å². The smallest absolute Gasteiger partial charge is 0.167 e. The molecule has 5 heteroatoms. The summed E-state index contributed by atoms with van der Waals surface area (Å²) in [6, 6.07) is 2.74. The summed E-state index contributed by atoms with van der Waals surface area (Å²) in [7, 11) is 1.39. The minimum atomic E-state index is -0.476. The number of hydrogen-bond acceptors (Lipinski definition) is 2. The third-order valence-electron chi connectivity index (χ3n) is 2.03. The molecule has 0 aliphatic heterocycles. The molecule has 78 valence electrons. The van der Waals surface area contributed by atoms with Crippen LogP contribution in [0.2, 0.25) is 10.0 Å². The number of fused-ring (bicyclic) bond motifs is 1. The van der Waals surface area contributed by atoms with E-state index in [9.17, 15) is 4.39 Å². The van der Waals surface area contributed by atoms with Crippen molar-refractivity contribution < 1.29 is 9.13 Å². The van der Waals surface area contributed by atoms with Crippen molar-refractivity contribution in [1.29, 1.82) is 0 Å². The zero-order valence-electron chi connectivity index (χ0n) is 7.72. The zero-order valence-corrected chi connectivity index (χ0v) is 9.23. The van der Waals surface area contributed by atoms with Crippen molar-refractivity contribution in [3.05, 3.63) is 34.2 Å². The van der Waals surface area contributed by atoms with E-state index in [-0.39, 0.29) is 5.75 Å². The van der Waals surface area contributed by atoms with Crippen LogP contribution >= 0.6 is 23.2 Å². The van der Waals surface area contributed by atoms with Gasteiger partial charge in [0.25, 0.3) is 0 Å². The van der Waals surface area contributed by atoms with Crippen molar-refractivity contribution in [3.63, 3.8) is 0 Å². The summed E-state index contributed by atoms with van der Waals surface area (Å²) in [6.45, 7) is 0. The Hall–Kier alpha value is -1.06. The van der Waals surface area contributed by atoms with E-state index in [4.69, 9.17) is 27.9 Å². The molecule has 0 fully saturated rings. The van der Waals surface area contributed by atoms with Crippen molar-refractivity contribution in [3.8, 4) is 5.75 Å². The van der Waals surface area contributed by atoms with Gasteiger partial charge in [-0.05, 0) is 6.07 Å². The van der Waals surface area contributed by atoms with Gasteiger partial charge in [0.05, 0.1) is 22.7 Å². The molecule has 0 bridgehead atoms. The van der Waals surface area contributed by atoms with Crippen LogP contribution in [0.3, 0.4) is 0 Å². The second kappa shape index (κ2) is 3.83. The van der Waals surface area contributed by atoms with Gasteiger partial charge >= 0.3 is 0 Å². The Balaban J connectivity index is 2.82. The van der Waals surface area contributed by atoms with E-state index >= 15 is 0 Å². The van der Waals surface area contributed by atoms with Crippen LogP contribution in [0, 0.1) is 5.82 Å². The van der Waals surface area contributed by atoms with Gasteiger partial charge in [-0.1, -0.05) is 23.2 Å². The summed E-state index contributed by atoms with van der Waals surface area (Å²) in [4.78, 5) is 3.97. The average molecular weight is 246 g/mol. The van der Waals surface area contributed by atoms with Crippen LogP contribution in [0.25, 0.3) is 10.9 Å². The average Bonchev–Trinajstić information content (AvgIpc) is 2.23. The lowest BCUT2D eigenvalue weighted by Crippen LogP contribution is -1.90. The predicted octanol–water partition coefficient (Wildman–Crippen LogP) is 3.69. The lowest BCUT2D eigenvalue weighted by Gasteiger charge is -2.05. The first-order valence-corrected chi connectivity index (χ1v) is 4.86. The molecule has 0 saturated carbocycles. The molecule has 0 aliphatic carbocycles. The lowest BCUT2D eigenvalue weighted by molar-refractivity contribution is 0.387. The summed E-state index contributed by atoms with van der Waals surface area (Å²) in [5.74, 6) is -0.357. The highest BCUT2D eigenvalue weighted by molar-refractivity contribution is 6.45. The number of benzene rings is 1. The normalized spacial score (nSPS) is 10.7. The summed E-state index contributed by atoms with van der Waals surface area (Å²) in [6.07, 6.45) is 1.39. The van der Waals surface area contributed by atoms with E-state index in [0.717, 1.165) is 0 Å². The molecule has 2 rings (SSSR count). The SMILES string of the molecule is COc1cc2c(Cl)c(Cl)cnc2cc1F. The third-order valence-corrected chi connectivity index (χ3v) is 2.82. The van der Waals surface area contributed by atoms with Gasteiger partial charge in [0.15, 0.2) is 11.6 Å². The maximum Gasteiger partial charge on any atom is 0.167 e. The van der Waals surface area contributed by atoms with E-state index in [1.807, 2.05) is 0 Å². The highest BCUT2D eigenvalue weighted by Crippen LogP contribution is 2.32. The van der Waals surface area contributed by atoms with Crippen molar-refractivity contribution in [2.24, 2.45) is 0 Å². The zero-order chi connectivity index (χ0) is 11.0. The van der Waals surface area contributed by atoms with Crippen molar-refractivity contribution in [1.82, 2.24) is 4.98 Å². The number of ether oxygens (including phenoxy) is 1. The van der Waals surface area contributed by atoms with Gasteiger partial charge in [-0.2, -0.15) is 0 Å². The standard InChI is InChI=1S/C10H6Cl2FNO/c1-15-9-2-5-8(3-7(9)13)14-4-6(11)10(5)12/h2-4H,1H3. The molecular formula is C10H6Cl2FNO. The number of pyridine rings is 1. The van der Waals surface area contributed by atoms with E-state index in [0.29, 0.717) is 20.9 Å². The van der Waals surface area contributed by atoms with Crippen molar-refractivity contribution in [2.45, 2.75) is 0 Å². The quantitative estimate of drug-likeness (QED) is 0.765. The Labute approximate surface area is 95.6 Å². The van der Waals surface area contributed by atoms with E-state index in [1.54, 1.807) is 0 Å². The second-order valence-corrected chi connectivity index (χ2v) is 3.71. The minimum Gasteiger partial charge on any atom is -0.494 e. The number of methoxy groups -OCH3 is 1. The van der Waals surface area contributed by atoms with E-state index in [2.05, 4.69) is 4.98 Å². The molecule has 0 N–H and O–H groups in total. The summed E-state index contributed by atoms with van der Waals surface area (Å²) >= 11 is 11.8. The van der Waals surface area contributed by atoms with Gasteiger partial charge in [-0.15, -0.1) is 0 Å². The summed E-state index contributed by atoms with van der Waals surface area (Å²) in [5, 5.41) is 1.25. The molecule has 0 radical (unpaired) electrons. The minimum absolute atomic E-state index is 0.119. The molecule has 0 unspecified atom stereocenters. The van der Waals surface area contributed by atoms with Gasteiger partial charge in [0.1, 0.15) is 0 Å². The number of nitrogens with zero attached hydrogens (tertiary/aromatic N) is 1. The summed E-state index contributed by atoms with van der Waals surface area (Å²) in [5.41, 5.74) is 0.447. The number of halogens is 3. The molecule has 0 spiro atoms. The molecular weight excluding hydrogens is 240 g/mol. The van der Waals surface area contributed by atoms with Gasteiger partial charge in [0, 0.05) is 17.6 Å². The summed E-state index contributed by atoms with van der Waals surface area (Å²) < 4.78 is 18.2. The van der Waals surface area contributed by atoms with Gasteiger partial charge in [-0.3, -0.25) is 4.98 Å². The topological polar surface area (TPSA) is 22.1 Å². The molecule has 0 amide bonds. The molecule has 0 aliphatic rings. The maximum atomic E-state index is 13.3. The number of aromatic nitrogens is 1. The number of hydrogen-bond donors (Lipinski definition) is 0. The maximum absolute atomic E-state index is 13.3. The predicted molar refractivity (Wildman–Crippen MR) is 58.3 cm³/mol.